The monoisotopic (exact) mass is 521 g/mol. The van der Waals surface area contributed by atoms with Gasteiger partial charge in [-0.2, -0.15) is 5.10 Å². The van der Waals surface area contributed by atoms with E-state index in [-0.39, 0.29) is 5.69 Å². The summed E-state index contributed by atoms with van der Waals surface area (Å²) in [5, 5.41) is 18.6. The molecule has 1 aliphatic heterocycles. The van der Waals surface area contributed by atoms with Crippen molar-refractivity contribution in [1.29, 1.82) is 0 Å². The molecule has 10 nitrogen and oxygen atoms in total. The van der Waals surface area contributed by atoms with Crippen molar-refractivity contribution in [3.63, 3.8) is 0 Å². The summed E-state index contributed by atoms with van der Waals surface area (Å²) in [7, 11) is 3.09. The smallest absolute Gasteiger partial charge is 0.331 e. The highest BCUT2D eigenvalue weighted by atomic mass is 32.1. The zero-order chi connectivity index (χ0) is 26.4. The van der Waals surface area contributed by atoms with E-state index in [2.05, 4.69) is 5.10 Å². The quantitative estimate of drug-likeness (QED) is 0.175. The summed E-state index contributed by atoms with van der Waals surface area (Å²) in [6.07, 6.45) is 3.09. The molecule has 0 saturated carbocycles. The number of benzene rings is 2. The molecule has 11 heteroatoms. The van der Waals surface area contributed by atoms with Crippen molar-refractivity contribution in [2.75, 3.05) is 20.8 Å². The Balaban J connectivity index is 1.47. The molecule has 190 valence electrons. The van der Waals surface area contributed by atoms with Gasteiger partial charge in [0.15, 0.2) is 18.1 Å². The molecule has 2 aromatic carbocycles. The molecule has 1 atom stereocenters. The largest absolute Gasteiger partial charge is 0.493 e. The molecule has 1 amide bonds. The van der Waals surface area contributed by atoms with Gasteiger partial charge in [-0.3, -0.25) is 14.9 Å². The number of rotatable bonds is 9. The van der Waals surface area contributed by atoms with Crippen molar-refractivity contribution in [3.05, 3.63) is 92.2 Å². The van der Waals surface area contributed by atoms with Gasteiger partial charge in [0.25, 0.3) is 11.6 Å². The number of amides is 1. The fourth-order valence-electron chi connectivity index (χ4n) is 3.77. The number of carbonyl (C=O) groups is 2. The topological polar surface area (TPSA) is 121 Å². The van der Waals surface area contributed by atoms with Gasteiger partial charge in [-0.25, -0.2) is 9.80 Å². The van der Waals surface area contributed by atoms with Crippen LogP contribution in [0.5, 0.6) is 11.5 Å². The highest BCUT2D eigenvalue weighted by molar-refractivity contribution is 7.12. The summed E-state index contributed by atoms with van der Waals surface area (Å²) in [5.41, 5.74) is 2.08. The fourth-order valence-corrected chi connectivity index (χ4v) is 4.49. The molecule has 0 saturated heterocycles. The van der Waals surface area contributed by atoms with Gasteiger partial charge < -0.3 is 14.2 Å². The van der Waals surface area contributed by atoms with Crippen LogP contribution in [0.25, 0.3) is 6.08 Å². The number of thiophene rings is 1. The number of nitro benzene ring substituents is 1. The van der Waals surface area contributed by atoms with Crippen LogP contribution in [0.1, 0.15) is 28.5 Å². The van der Waals surface area contributed by atoms with Crippen LogP contribution >= 0.6 is 11.3 Å². The molecule has 3 aromatic rings. The molecule has 1 aliphatic rings. The van der Waals surface area contributed by atoms with Crippen molar-refractivity contribution in [2.24, 2.45) is 5.10 Å². The lowest BCUT2D eigenvalue weighted by molar-refractivity contribution is -0.384. The van der Waals surface area contributed by atoms with Crippen LogP contribution < -0.4 is 9.47 Å². The van der Waals surface area contributed by atoms with E-state index in [1.165, 1.54) is 53.8 Å². The fraction of sp³-hybridized carbons (Fsp3) is 0.192. The first-order chi connectivity index (χ1) is 17.9. The molecule has 37 heavy (non-hydrogen) atoms. The van der Waals surface area contributed by atoms with Crippen molar-refractivity contribution in [3.8, 4) is 11.5 Å². The normalized spacial score (nSPS) is 14.9. The first-order valence-electron chi connectivity index (χ1n) is 11.1. The molecule has 0 N–H and O–H groups in total. The number of methoxy groups -OCH3 is 2. The lowest BCUT2D eigenvalue weighted by Crippen LogP contribution is -2.31. The Hall–Kier alpha value is -4.51. The first-order valence-corrected chi connectivity index (χ1v) is 12.0. The van der Waals surface area contributed by atoms with Crippen LogP contribution in [0.15, 0.2) is 71.2 Å². The van der Waals surface area contributed by atoms with Crippen LogP contribution in [0.2, 0.25) is 0 Å². The van der Waals surface area contributed by atoms with Crippen LogP contribution in [-0.2, 0) is 14.3 Å². The molecule has 1 aromatic heterocycles. The van der Waals surface area contributed by atoms with Crippen molar-refractivity contribution < 1.29 is 28.7 Å². The maximum atomic E-state index is 13.1. The Kier molecular flexibility index (Phi) is 7.94. The zero-order valence-electron chi connectivity index (χ0n) is 20.0. The number of hydrogen-bond acceptors (Lipinski definition) is 9. The summed E-state index contributed by atoms with van der Waals surface area (Å²) in [5.74, 6) is -0.116. The predicted octanol–water partition coefficient (Wildman–Crippen LogP) is 4.61. The molecule has 4 rings (SSSR count). The zero-order valence-corrected chi connectivity index (χ0v) is 20.8. The summed E-state index contributed by atoms with van der Waals surface area (Å²) in [6.45, 7) is -0.506. The van der Waals surface area contributed by atoms with Gasteiger partial charge in [-0.1, -0.05) is 12.1 Å². The van der Waals surface area contributed by atoms with Crippen molar-refractivity contribution in [1.82, 2.24) is 5.01 Å². The van der Waals surface area contributed by atoms with E-state index in [9.17, 15) is 19.7 Å². The average molecular weight is 522 g/mol. The third kappa shape index (κ3) is 6.01. The number of non-ortho nitro benzene ring substituents is 1. The summed E-state index contributed by atoms with van der Waals surface area (Å²) < 4.78 is 15.9. The second-order valence-corrected chi connectivity index (χ2v) is 8.83. The van der Waals surface area contributed by atoms with Gasteiger partial charge in [0, 0.05) is 24.6 Å². The maximum Gasteiger partial charge on any atom is 0.331 e. The highest BCUT2D eigenvalue weighted by Crippen LogP contribution is 2.37. The molecule has 0 radical (unpaired) electrons. The van der Waals surface area contributed by atoms with E-state index < -0.39 is 29.4 Å². The van der Waals surface area contributed by atoms with Crippen molar-refractivity contribution in [2.45, 2.75) is 12.5 Å². The number of esters is 1. The Bertz CT molecular complexity index is 1350. The van der Waals surface area contributed by atoms with Crippen LogP contribution in [0, 0.1) is 10.1 Å². The minimum absolute atomic E-state index is 0.0533. The van der Waals surface area contributed by atoms with Gasteiger partial charge >= 0.3 is 5.97 Å². The van der Waals surface area contributed by atoms with Crippen LogP contribution in [0.4, 0.5) is 5.69 Å². The Labute approximate surface area is 216 Å². The average Bonchev–Trinajstić information content (AvgIpc) is 3.61. The minimum atomic E-state index is -0.726. The third-order valence-corrected chi connectivity index (χ3v) is 6.54. The van der Waals surface area contributed by atoms with E-state index >= 15 is 0 Å². The molecule has 0 spiro atoms. The van der Waals surface area contributed by atoms with Gasteiger partial charge in [-0.15, -0.1) is 11.3 Å². The van der Waals surface area contributed by atoms with E-state index in [1.807, 2.05) is 23.6 Å². The Morgan fingerprint density at radius 3 is 2.54 bits per heavy atom. The molecule has 2 heterocycles. The van der Waals surface area contributed by atoms with Gasteiger partial charge in [0.2, 0.25) is 0 Å². The van der Waals surface area contributed by atoms with Crippen LogP contribution in [0.3, 0.4) is 0 Å². The van der Waals surface area contributed by atoms with E-state index in [0.717, 1.165) is 22.2 Å². The van der Waals surface area contributed by atoms with Gasteiger partial charge in [0.1, 0.15) is 0 Å². The number of nitrogens with zero attached hydrogens (tertiary/aromatic N) is 3. The number of carbonyl (C=O) groups excluding carboxylic acids is 2. The lowest BCUT2D eigenvalue weighted by atomic mass is 10.0. The molecular weight excluding hydrogens is 498 g/mol. The predicted molar refractivity (Wildman–Crippen MR) is 138 cm³/mol. The molecule has 0 bridgehead atoms. The van der Waals surface area contributed by atoms with Gasteiger partial charge in [0.05, 0.1) is 35.8 Å². The minimum Gasteiger partial charge on any atom is -0.493 e. The number of hydrogen-bond donors (Lipinski definition) is 0. The molecule has 0 unspecified atom stereocenters. The lowest BCUT2D eigenvalue weighted by Gasteiger charge is -2.22. The van der Waals surface area contributed by atoms with E-state index in [0.29, 0.717) is 23.5 Å². The molecular formula is C26H23N3O7S. The second-order valence-electron chi connectivity index (χ2n) is 7.89. The summed E-state index contributed by atoms with van der Waals surface area (Å²) >= 11 is 1.52. The first kappa shape index (κ1) is 25.6. The van der Waals surface area contributed by atoms with Crippen molar-refractivity contribution >= 4 is 40.7 Å². The molecule has 0 fully saturated rings. The highest BCUT2D eigenvalue weighted by Gasteiger charge is 2.34. The number of nitro groups is 1. The summed E-state index contributed by atoms with van der Waals surface area (Å²) in [6, 6.07) is 14.5. The number of hydrazone groups is 1. The third-order valence-electron chi connectivity index (χ3n) is 5.62. The van der Waals surface area contributed by atoms with E-state index in [1.54, 1.807) is 19.2 Å². The molecule has 0 aliphatic carbocycles. The van der Waals surface area contributed by atoms with Gasteiger partial charge in [-0.05, 0) is 52.9 Å². The Morgan fingerprint density at radius 2 is 1.89 bits per heavy atom. The Morgan fingerprint density at radius 1 is 1.14 bits per heavy atom. The SMILES string of the molecule is COc1ccc([C@H]2CC(c3cccs3)=NN2C(=O)COC(=O)/C=C/c2ccc([N+](=O)[O-])cc2)cc1OC. The standard InChI is InChI=1S/C26H23N3O7S/c1-34-22-11-8-18(14-23(22)35-2)21-15-20(24-4-3-13-37-24)27-28(21)25(30)16-36-26(31)12-7-17-5-9-19(10-6-17)29(32)33/h3-14,21H,15-16H2,1-2H3/b12-7+/t21-/m1/s1. The number of ether oxygens (including phenoxy) is 3. The maximum absolute atomic E-state index is 13.1. The second kappa shape index (κ2) is 11.5. The van der Waals surface area contributed by atoms with E-state index in [4.69, 9.17) is 14.2 Å². The summed E-state index contributed by atoms with van der Waals surface area (Å²) in [4.78, 5) is 36.5. The van der Waals surface area contributed by atoms with Crippen LogP contribution in [-0.4, -0.2) is 48.3 Å².